The third-order valence-corrected chi connectivity index (χ3v) is 12.0. The summed E-state index contributed by atoms with van der Waals surface area (Å²) in [5.41, 5.74) is 6.11. The molecule has 0 aliphatic rings. The Labute approximate surface area is 339 Å². The fourth-order valence-corrected chi connectivity index (χ4v) is 9.48. The summed E-state index contributed by atoms with van der Waals surface area (Å²) in [6.45, 7) is 0. The lowest BCUT2D eigenvalue weighted by atomic mass is 9.98. The van der Waals surface area contributed by atoms with E-state index in [1.54, 1.807) is 15.9 Å². The van der Waals surface area contributed by atoms with Crippen molar-refractivity contribution >= 4 is 75.1 Å². The molecule has 266 valence electrons. The lowest BCUT2D eigenvalue weighted by Crippen LogP contribution is -2.07. The van der Waals surface area contributed by atoms with E-state index in [9.17, 15) is 2.74 Å². The van der Waals surface area contributed by atoms with E-state index < -0.39 is 0 Å². The molecule has 0 radical (unpaired) electrons. The highest BCUT2D eigenvalue weighted by Crippen LogP contribution is 2.44. The van der Waals surface area contributed by atoms with E-state index in [-0.39, 0.29) is 58.1 Å². The van der Waals surface area contributed by atoms with Crippen molar-refractivity contribution < 1.29 is 8.22 Å². The molecular weight excluding hydrogens is 715 g/mol. The number of nitrogens with zero attached hydrogens (tertiary/aromatic N) is 5. The first-order valence-electron chi connectivity index (χ1n) is 21.6. The molecule has 0 saturated heterocycles. The van der Waals surface area contributed by atoms with E-state index >= 15 is 0 Å². The van der Waals surface area contributed by atoms with Gasteiger partial charge in [0.25, 0.3) is 0 Å². The van der Waals surface area contributed by atoms with E-state index in [2.05, 4.69) is 53.1 Å². The van der Waals surface area contributed by atoms with Gasteiger partial charge in [0.15, 0.2) is 11.6 Å². The number of hydrogen-bond acceptors (Lipinski definition) is 4. The molecule has 5 nitrogen and oxygen atoms in total. The summed E-state index contributed by atoms with van der Waals surface area (Å²) >= 11 is 1.69. The summed E-state index contributed by atoms with van der Waals surface area (Å²) in [6, 6.07) is 48.5. The zero-order chi connectivity index (χ0) is 42.7. The van der Waals surface area contributed by atoms with E-state index in [1.807, 2.05) is 91.0 Å². The lowest BCUT2D eigenvalue weighted by molar-refractivity contribution is 0.953. The molecule has 57 heavy (non-hydrogen) atoms. The van der Waals surface area contributed by atoms with Gasteiger partial charge in [0.05, 0.1) is 36.0 Å². The van der Waals surface area contributed by atoms with Gasteiger partial charge in [-0.2, -0.15) is 9.97 Å². The second kappa shape index (κ2) is 12.6. The van der Waals surface area contributed by atoms with Crippen LogP contribution in [0.25, 0.3) is 109 Å². The normalized spacial score (nSPS) is 13.3. The maximum absolute atomic E-state index is 9.35. The van der Waals surface area contributed by atoms with Crippen LogP contribution in [0.4, 0.5) is 0 Å². The average molecular weight is 752 g/mol. The van der Waals surface area contributed by atoms with Crippen LogP contribution in [0, 0.1) is 0 Å². The Balaban J connectivity index is 1.21. The van der Waals surface area contributed by atoms with Crippen molar-refractivity contribution in [1.82, 2.24) is 24.1 Å². The molecule has 8 aromatic carbocycles. The highest BCUT2D eigenvalue weighted by atomic mass is 32.1. The van der Waals surface area contributed by atoms with Gasteiger partial charge in [0.1, 0.15) is 0 Å². The van der Waals surface area contributed by atoms with Crippen molar-refractivity contribution in [1.29, 1.82) is 0 Å². The number of para-hydroxylation sites is 4. The molecule has 0 aliphatic heterocycles. The smallest absolute Gasteiger partial charge is 0.238 e. The molecule has 6 heteroatoms. The fraction of sp³-hybridized carbons (Fsp3) is 0. The van der Waals surface area contributed by atoms with Gasteiger partial charge in [-0.15, -0.1) is 11.3 Å². The molecule has 0 spiro atoms. The summed E-state index contributed by atoms with van der Waals surface area (Å²) in [5.74, 6) is 1.29. The molecule has 0 saturated carbocycles. The Morgan fingerprint density at radius 3 is 1.75 bits per heavy atom. The van der Waals surface area contributed by atoms with Gasteiger partial charge in [0, 0.05) is 64.0 Å². The molecule has 4 heterocycles. The number of thiophene rings is 1. The molecule has 0 aliphatic carbocycles. The van der Waals surface area contributed by atoms with Crippen LogP contribution in [0.5, 0.6) is 0 Å². The van der Waals surface area contributed by atoms with Crippen LogP contribution in [-0.4, -0.2) is 24.1 Å². The van der Waals surface area contributed by atoms with E-state index in [1.165, 1.54) is 12.1 Å². The van der Waals surface area contributed by atoms with Gasteiger partial charge < -0.3 is 4.57 Å². The SMILES string of the molecule is [2H]c1cc([2H])c2c(c1[2H])c1c([2H])c([2H])cc([2H])c1n2-c1cc(-c2nc(-c3ccccc3)nc(-n3c4ccccc4c4ccccc43)n2)ccc1-c1cccc2c1sc1ccccc12. The Bertz CT molecular complexity index is 3770. The molecule has 12 aromatic rings. The number of rotatable bonds is 5. The molecule has 0 amide bonds. The van der Waals surface area contributed by atoms with Crippen LogP contribution in [-0.2, 0) is 0 Å². The second-order valence-electron chi connectivity index (χ2n) is 13.9. The highest BCUT2D eigenvalue weighted by molar-refractivity contribution is 7.26. The molecule has 0 bridgehead atoms. The van der Waals surface area contributed by atoms with Crippen molar-refractivity contribution in [2.75, 3.05) is 0 Å². The third kappa shape index (κ3) is 4.91. The Hall–Kier alpha value is -7.41. The summed E-state index contributed by atoms with van der Waals surface area (Å²) in [6.07, 6.45) is 0. The van der Waals surface area contributed by atoms with Crippen molar-refractivity contribution in [3.05, 3.63) is 188 Å². The summed E-state index contributed by atoms with van der Waals surface area (Å²) < 4.78 is 60.3. The topological polar surface area (TPSA) is 48.5 Å². The molecule has 0 fully saturated rings. The van der Waals surface area contributed by atoms with Crippen molar-refractivity contribution in [2.24, 2.45) is 0 Å². The maximum Gasteiger partial charge on any atom is 0.238 e. The minimum Gasteiger partial charge on any atom is -0.309 e. The first-order chi connectivity index (χ1) is 30.7. The first kappa shape index (κ1) is 26.4. The predicted octanol–water partition coefficient (Wildman–Crippen LogP) is 13.4. The van der Waals surface area contributed by atoms with Crippen LogP contribution >= 0.6 is 11.3 Å². The van der Waals surface area contributed by atoms with Crippen molar-refractivity contribution in [2.45, 2.75) is 0 Å². The zero-order valence-electron chi connectivity index (χ0n) is 36.1. The Morgan fingerprint density at radius 1 is 0.421 bits per heavy atom. The minimum atomic E-state index is -0.173. The van der Waals surface area contributed by atoms with Gasteiger partial charge in [0.2, 0.25) is 5.95 Å². The summed E-state index contributed by atoms with van der Waals surface area (Å²) in [5, 5.41) is 4.73. The predicted molar refractivity (Wildman–Crippen MR) is 238 cm³/mol. The van der Waals surface area contributed by atoms with Crippen molar-refractivity contribution in [3.63, 3.8) is 0 Å². The zero-order valence-corrected chi connectivity index (χ0v) is 30.9. The molecule has 0 N–H and O–H groups in total. The molecular formula is C51H31N5S. The number of benzene rings is 8. The van der Waals surface area contributed by atoms with Gasteiger partial charge in [-0.1, -0.05) is 152 Å². The van der Waals surface area contributed by atoms with Crippen LogP contribution in [0.15, 0.2) is 188 Å². The third-order valence-electron chi connectivity index (χ3n) is 10.8. The Morgan fingerprint density at radius 2 is 1.04 bits per heavy atom. The average Bonchev–Trinajstić information content (AvgIpc) is 3.99. The van der Waals surface area contributed by atoms with E-state index in [0.717, 1.165) is 58.7 Å². The van der Waals surface area contributed by atoms with Crippen LogP contribution in [0.3, 0.4) is 0 Å². The standard InChI is InChI=1S/C51H31N5S/c1-2-15-32(16-3-1)49-52-50(54-51(53-49)56-44-26-11-6-19-36(44)37-20-7-12-27-45(37)56)33-29-30-38(40-22-14-23-41-39-21-8-13-28-47(39)57-48(40)41)46(31-33)55-42-24-9-4-17-34(42)35-18-5-10-25-43(35)55/h1-31H/i4D,5D,17D,18D,24D,25D. The quantitative estimate of drug-likeness (QED) is 0.176. The van der Waals surface area contributed by atoms with Crippen molar-refractivity contribution in [3.8, 4) is 45.5 Å². The van der Waals surface area contributed by atoms with Gasteiger partial charge in [-0.25, -0.2) is 4.98 Å². The van der Waals surface area contributed by atoms with Crippen LogP contribution in [0.2, 0.25) is 0 Å². The monoisotopic (exact) mass is 751 g/mol. The Kier molecular flexibility index (Phi) is 5.82. The molecule has 12 rings (SSSR count). The van der Waals surface area contributed by atoms with Gasteiger partial charge in [-0.05, 0) is 36.4 Å². The van der Waals surface area contributed by atoms with Crippen LogP contribution in [0.1, 0.15) is 8.22 Å². The second-order valence-corrected chi connectivity index (χ2v) is 15.0. The number of aromatic nitrogens is 5. The maximum atomic E-state index is 9.35. The largest absolute Gasteiger partial charge is 0.309 e. The summed E-state index contributed by atoms with van der Waals surface area (Å²) in [4.78, 5) is 15.5. The number of fused-ring (bicyclic) bond motifs is 9. The molecule has 0 unspecified atom stereocenters. The first-order valence-corrected chi connectivity index (χ1v) is 19.4. The fourth-order valence-electron chi connectivity index (χ4n) is 8.25. The lowest BCUT2D eigenvalue weighted by Gasteiger charge is -2.17. The molecule has 4 aromatic heterocycles. The van der Waals surface area contributed by atoms with E-state index in [0.29, 0.717) is 28.8 Å². The van der Waals surface area contributed by atoms with Gasteiger partial charge >= 0.3 is 0 Å². The van der Waals surface area contributed by atoms with Crippen LogP contribution < -0.4 is 0 Å². The molecule has 0 atom stereocenters. The van der Waals surface area contributed by atoms with E-state index in [4.69, 9.17) is 20.4 Å². The minimum absolute atomic E-state index is 0.0378. The van der Waals surface area contributed by atoms with Gasteiger partial charge in [-0.3, -0.25) is 4.57 Å². The number of hydrogen-bond donors (Lipinski definition) is 0. The summed E-state index contributed by atoms with van der Waals surface area (Å²) in [7, 11) is 0. The highest BCUT2D eigenvalue weighted by Gasteiger charge is 2.22.